The minimum absolute atomic E-state index is 0.0218. The molecule has 2 aromatic rings. The number of nitrogens with zero attached hydrogens (tertiary/aromatic N) is 1. The van der Waals surface area contributed by atoms with Gasteiger partial charge in [-0.1, -0.05) is 24.8 Å². The van der Waals surface area contributed by atoms with Gasteiger partial charge in [-0.2, -0.15) is 0 Å². The van der Waals surface area contributed by atoms with Crippen LogP contribution in [0, 0.1) is 0 Å². The molecule has 1 aliphatic carbocycles. The lowest BCUT2D eigenvalue weighted by molar-refractivity contribution is -0.116. The fraction of sp³-hybridized carbons (Fsp3) is 0.381. The number of H-pyrrole nitrogens is 1. The van der Waals surface area contributed by atoms with Crippen molar-refractivity contribution in [1.29, 1.82) is 0 Å². The van der Waals surface area contributed by atoms with Crippen LogP contribution in [0.25, 0.3) is 0 Å². The Labute approximate surface area is 172 Å². The maximum Gasteiger partial charge on any atom is 0.257 e. The number of hydrogen-bond acceptors (Lipinski definition) is 7. The fourth-order valence-corrected chi connectivity index (χ4v) is 4.65. The van der Waals surface area contributed by atoms with Gasteiger partial charge in [-0.25, -0.2) is 4.98 Å². The lowest BCUT2D eigenvalue weighted by Gasteiger charge is -2.32. The van der Waals surface area contributed by atoms with Gasteiger partial charge in [0.05, 0.1) is 12.7 Å². The van der Waals surface area contributed by atoms with Crippen molar-refractivity contribution in [3.63, 3.8) is 0 Å². The zero-order valence-corrected chi connectivity index (χ0v) is 17.2. The van der Waals surface area contributed by atoms with Crippen molar-refractivity contribution in [3.05, 3.63) is 50.9 Å². The molecule has 1 unspecified atom stereocenters. The topological polar surface area (TPSA) is 104 Å². The van der Waals surface area contributed by atoms with Crippen LogP contribution in [-0.2, 0) is 4.79 Å². The van der Waals surface area contributed by atoms with E-state index in [4.69, 9.17) is 4.74 Å². The summed E-state index contributed by atoms with van der Waals surface area (Å²) in [7, 11) is 1.48. The number of thioether (sulfide) groups is 1. The van der Waals surface area contributed by atoms with Crippen molar-refractivity contribution in [2.45, 2.75) is 43.7 Å². The number of allylic oxidation sites excluding steroid dienone is 2. The van der Waals surface area contributed by atoms with Crippen LogP contribution in [0.4, 0.5) is 5.82 Å². The highest BCUT2D eigenvalue weighted by Crippen LogP contribution is 2.44. The third-order valence-corrected chi connectivity index (χ3v) is 6.29. The van der Waals surface area contributed by atoms with Crippen LogP contribution >= 0.6 is 11.8 Å². The Hall–Kier alpha value is -2.74. The van der Waals surface area contributed by atoms with Crippen molar-refractivity contribution in [3.8, 4) is 11.5 Å². The normalized spacial score (nSPS) is 18.1. The number of Topliss-reactive ketones (excluding diaryl/α,β-unsaturated/α-hetero) is 1. The highest BCUT2D eigenvalue weighted by molar-refractivity contribution is 7.99. The standard InChI is InChI=1S/C21H23N3O4S/c1-3-9-29-21-23-19-18(20(27)24-21)16(11-7-8-15(28-2)14(26)10-11)17-12(22-19)5-4-6-13(17)25/h7-8,10,16,26H,3-6,9H2,1-2H3,(H2,22,23,24,27). The first-order valence-electron chi connectivity index (χ1n) is 9.70. The van der Waals surface area contributed by atoms with E-state index in [0.717, 1.165) is 30.7 Å². The number of hydrogen-bond donors (Lipinski definition) is 3. The molecule has 152 valence electrons. The Morgan fingerprint density at radius 2 is 2.14 bits per heavy atom. The molecule has 0 fully saturated rings. The lowest BCUT2D eigenvalue weighted by Crippen LogP contribution is -2.32. The minimum Gasteiger partial charge on any atom is -0.504 e. The molecule has 0 saturated heterocycles. The Bertz CT molecular complexity index is 1060. The van der Waals surface area contributed by atoms with Crippen molar-refractivity contribution < 1.29 is 14.6 Å². The molecule has 1 aromatic heterocycles. The molecular weight excluding hydrogens is 390 g/mol. The third-order valence-electron chi connectivity index (χ3n) is 5.22. The van der Waals surface area contributed by atoms with E-state index in [0.29, 0.717) is 39.8 Å². The van der Waals surface area contributed by atoms with Crippen LogP contribution in [-0.4, -0.2) is 33.7 Å². The smallest absolute Gasteiger partial charge is 0.257 e. The minimum atomic E-state index is -0.577. The number of ketones is 1. The van der Waals surface area contributed by atoms with Crippen molar-refractivity contribution in [2.75, 3.05) is 18.2 Å². The van der Waals surface area contributed by atoms with Crippen molar-refractivity contribution >= 4 is 23.4 Å². The molecule has 2 aliphatic rings. The molecule has 0 amide bonds. The van der Waals surface area contributed by atoms with Crippen molar-refractivity contribution in [1.82, 2.24) is 9.97 Å². The SMILES string of the molecule is CCCSc1nc2c(c(=O)[nH]1)C(c1ccc(OC)c(O)c1)C1=C(CCCC1=O)N2. The summed E-state index contributed by atoms with van der Waals surface area (Å²) in [6.07, 6.45) is 2.91. The largest absolute Gasteiger partial charge is 0.504 e. The van der Waals surface area contributed by atoms with E-state index in [1.54, 1.807) is 18.2 Å². The number of phenols is 1. The van der Waals surface area contributed by atoms with Gasteiger partial charge in [0.1, 0.15) is 5.82 Å². The molecule has 0 spiro atoms. The number of fused-ring (bicyclic) bond motifs is 1. The number of carbonyl (C=O) groups excluding carboxylic acids is 1. The summed E-state index contributed by atoms with van der Waals surface area (Å²) in [5.74, 6) is 1.09. The molecule has 1 aromatic carbocycles. The second-order valence-corrected chi connectivity index (χ2v) is 8.22. The first kappa shape index (κ1) is 19.6. The van der Waals surface area contributed by atoms with E-state index < -0.39 is 5.92 Å². The van der Waals surface area contributed by atoms with Gasteiger partial charge in [-0.05, 0) is 37.0 Å². The van der Waals surface area contributed by atoms with Crippen LogP contribution in [0.1, 0.15) is 49.7 Å². The average Bonchev–Trinajstić information content (AvgIpc) is 2.71. The molecule has 3 N–H and O–H groups in total. The van der Waals surface area contributed by atoms with Crippen LogP contribution < -0.4 is 15.6 Å². The van der Waals surface area contributed by atoms with Crippen molar-refractivity contribution in [2.24, 2.45) is 0 Å². The lowest BCUT2D eigenvalue weighted by atomic mass is 9.76. The highest BCUT2D eigenvalue weighted by atomic mass is 32.2. The van der Waals surface area contributed by atoms with Gasteiger partial charge < -0.3 is 20.1 Å². The number of ether oxygens (including phenoxy) is 1. The summed E-state index contributed by atoms with van der Waals surface area (Å²) in [5.41, 5.74) is 2.21. The number of benzene rings is 1. The summed E-state index contributed by atoms with van der Waals surface area (Å²) in [4.78, 5) is 33.4. The second-order valence-electron chi connectivity index (χ2n) is 7.14. The molecule has 2 heterocycles. The summed E-state index contributed by atoms with van der Waals surface area (Å²) in [5, 5.41) is 14.1. The molecule has 1 aliphatic heterocycles. The first-order chi connectivity index (χ1) is 14.0. The van der Waals surface area contributed by atoms with Crippen LogP contribution in [0.15, 0.2) is 39.4 Å². The number of aromatic hydroxyl groups is 1. The number of rotatable bonds is 5. The van der Waals surface area contributed by atoms with E-state index in [-0.39, 0.29) is 17.1 Å². The number of nitrogens with one attached hydrogen (secondary N) is 2. The summed E-state index contributed by atoms with van der Waals surface area (Å²) in [6.45, 7) is 2.07. The number of aromatic nitrogens is 2. The Balaban J connectivity index is 1.90. The summed E-state index contributed by atoms with van der Waals surface area (Å²) >= 11 is 1.50. The van der Waals surface area contributed by atoms with Gasteiger partial charge in [-0.3, -0.25) is 9.59 Å². The van der Waals surface area contributed by atoms with E-state index in [9.17, 15) is 14.7 Å². The number of carbonyl (C=O) groups is 1. The maximum absolute atomic E-state index is 13.1. The highest BCUT2D eigenvalue weighted by Gasteiger charge is 2.38. The molecule has 1 atom stereocenters. The monoisotopic (exact) mass is 413 g/mol. The molecular formula is C21H23N3O4S. The molecule has 0 bridgehead atoms. The van der Waals surface area contributed by atoms with E-state index in [1.165, 1.54) is 18.9 Å². The van der Waals surface area contributed by atoms with Gasteiger partial charge in [-0.15, -0.1) is 0 Å². The predicted octanol–water partition coefficient (Wildman–Crippen LogP) is 3.55. The number of anilines is 1. The molecule has 29 heavy (non-hydrogen) atoms. The zero-order chi connectivity index (χ0) is 20.5. The van der Waals surface area contributed by atoms with Crippen LogP contribution in [0.2, 0.25) is 0 Å². The van der Waals surface area contributed by atoms with Gasteiger partial charge in [0.25, 0.3) is 5.56 Å². The molecule has 4 rings (SSSR count). The molecule has 7 nitrogen and oxygen atoms in total. The molecule has 0 radical (unpaired) electrons. The Morgan fingerprint density at radius 3 is 2.86 bits per heavy atom. The fourth-order valence-electron chi connectivity index (χ4n) is 3.93. The summed E-state index contributed by atoms with van der Waals surface area (Å²) in [6, 6.07) is 4.99. The first-order valence-corrected chi connectivity index (χ1v) is 10.7. The number of phenolic OH excluding ortho intramolecular Hbond substituents is 1. The maximum atomic E-state index is 13.1. The summed E-state index contributed by atoms with van der Waals surface area (Å²) < 4.78 is 5.14. The third kappa shape index (κ3) is 3.53. The van der Waals surface area contributed by atoms with Crippen LogP contribution in [0.5, 0.6) is 11.5 Å². The molecule has 8 heteroatoms. The zero-order valence-electron chi connectivity index (χ0n) is 16.4. The van der Waals surface area contributed by atoms with Crippen LogP contribution in [0.3, 0.4) is 0 Å². The average molecular weight is 413 g/mol. The van der Waals surface area contributed by atoms with E-state index in [2.05, 4.69) is 22.2 Å². The van der Waals surface area contributed by atoms with Gasteiger partial charge in [0.2, 0.25) is 0 Å². The van der Waals surface area contributed by atoms with E-state index in [1.807, 2.05) is 0 Å². The Kier molecular flexibility index (Phi) is 5.36. The predicted molar refractivity (Wildman–Crippen MR) is 112 cm³/mol. The number of methoxy groups -OCH3 is 1. The molecule has 0 saturated carbocycles. The second kappa shape index (κ2) is 7.94. The van der Waals surface area contributed by atoms with Gasteiger partial charge in [0.15, 0.2) is 22.4 Å². The van der Waals surface area contributed by atoms with E-state index >= 15 is 0 Å². The Morgan fingerprint density at radius 1 is 1.31 bits per heavy atom. The number of aromatic amines is 1. The quantitative estimate of drug-likeness (QED) is 0.509. The van der Waals surface area contributed by atoms with Gasteiger partial charge in [0, 0.05) is 29.4 Å². The van der Waals surface area contributed by atoms with Gasteiger partial charge >= 0.3 is 0 Å².